The highest BCUT2D eigenvalue weighted by molar-refractivity contribution is 7.99. The molecule has 1 N–H and O–H groups in total. The molecule has 0 aliphatic carbocycles. The second-order valence-corrected chi connectivity index (χ2v) is 6.60. The number of amides is 1. The highest BCUT2D eigenvalue weighted by atomic mass is 35.5. The van der Waals surface area contributed by atoms with E-state index in [0.29, 0.717) is 45.3 Å². The lowest BCUT2D eigenvalue weighted by molar-refractivity contribution is 0.0951. The molecule has 0 fully saturated rings. The Balaban J connectivity index is 2.03. The third kappa shape index (κ3) is 5.51. The number of ether oxygens (including phenoxy) is 2. The van der Waals surface area contributed by atoms with Crippen molar-refractivity contribution in [1.82, 2.24) is 5.32 Å². The van der Waals surface area contributed by atoms with Crippen LogP contribution in [0.2, 0.25) is 5.02 Å². The number of benzene rings is 2. The van der Waals surface area contributed by atoms with Crippen LogP contribution in [0.15, 0.2) is 41.3 Å². The van der Waals surface area contributed by atoms with E-state index in [1.807, 2.05) is 6.92 Å². The zero-order chi connectivity index (χ0) is 19.1. The molecule has 2 aromatic rings. The SMILES string of the molecule is CCOc1c(Cl)cc(CNC(=O)c2ccc(SC(F)F)cc2)cc1OC. The van der Waals surface area contributed by atoms with Gasteiger partial charge in [0.2, 0.25) is 0 Å². The molecule has 4 nitrogen and oxygen atoms in total. The lowest BCUT2D eigenvalue weighted by Crippen LogP contribution is -2.22. The molecule has 0 heterocycles. The van der Waals surface area contributed by atoms with Gasteiger partial charge in [-0.3, -0.25) is 4.79 Å². The lowest BCUT2D eigenvalue weighted by atomic mass is 10.1. The van der Waals surface area contributed by atoms with E-state index in [9.17, 15) is 13.6 Å². The van der Waals surface area contributed by atoms with E-state index < -0.39 is 5.76 Å². The molecule has 2 aromatic carbocycles. The summed E-state index contributed by atoms with van der Waals surface area (Å²) in [6.07, 6.45) is 0. The summed E-state index contributed by atoms with van der Waals surface area (Å²) in [7, 11) is 1.51. The maximum absolute atomic E-state index is 12.3. The Kier molecular flexibility index (Phi) is 7.53. The van der Waals surface area contributed by atoms with Crippen molar-refractivity contribution in [3.63, 3.8) is 0 Å². The van der Waals surface area contributed by atoms with Gasteiger partial charge >= 0.3 is 0 Å². The van der Waals surface area contributed by atoms with E-state index in [0.717, 1.165) is 5.56 Å². The van der Waals surface area contributed by atoms with Crippen molar-refractivity contribution in [2.45, 2.75) is 24.1 Å². The molecule has 0 atom stereocenters. The van der Waals surface area contributed by atoms with Crippen LogP contribution >= 0.6 is 23.4 Å². The molecule has 0 saturated heterocycles. The first-order chi connectivity index (χ1) is 12.4. The molecular formula is C18H18ClF2NO3S. The van der Waals surface area contributed by atoms with E-state index in [-0.39, 0.29) is 12.5 Å². The number of halogens is 3. The third-order valence-corrected chi connectivity index (χ3v) is 4.38. The molecule has 0 aliphatic heterocycles. The number of carbonyl (C=O) groups excluding carboxylic acids is 1. The third-order valence-electron chi connectivity index (χ3n) is 3.37. The normalized spacial score (nSPS) is 10.7. The second-order valence-electron chi connectivity index (χ2n) is 5.13. The van der Waals surface area contributed by atoms with Crippen molar-refractivity contribution >= 4 is 29.3 Å². The van der Waals surface area contributed by atoms with E-state index in [1.54, 1.807) is 12.1 Å². The summed E-state index contributed by atoms with van der Waals surface area (Å²) in [5.41, 5.74) is 1.13. The molecule has 0 radical (unpaired) electrons. The highest BCUT2D eigenvalue weighted by Crippen LogP contribution is 2.36. The average molecular weight is 402 g/mol. The molecule has 8 heteroatoms. The van der Waals surface area contributed by atoms with Crippen LogP contribution in [0.25, 0.3) is 0 Å². The van der Waals surface area contributed by atoms with Crippen LogP contribution in [0, 0.1) is 0 Å². The first kappa shape index (κ1) is 20.3. The van der Waals surface area contributed by atoms with Crippen molar-refractivity contribution in [3.8, 4) is 11.5 Å². The zero-order valence-corrected chi connectivity index (χ0v) is 15.8. The number of methoxy groups -OCH3 is 1. The van der Waals surface area contributed by atoms with Gasteiger partial charge < -0.3 is 14.8 Å². The van der Waals surface area contributed by atoms with Crippen LogP contribution in [0.4, 0.5) is 8.78 Å². The van der Waals surface area contributed by atoms with Crippen molar-refractivity contribution in [2.24, 2.45) is 0 Å². The maximum Gasteiger partial charge on any atom is 0.288 e. The molecule has 0 unspecified atom stereocenters. The van der Waals surface area contributed by atoms with Gasteiger partial charge in [0.15, 0.2) is 11.5 Å². The van der Waals surface area contributed by atoms with Gasteiger partial charge in [0.1, 0.15) is 0 Å². The van der Waals surface area contributed by atoms with Gasteiger partial charge in [0, 0.05) is 17.0 Å². The number of thioether (sulfide) groups is 1. The smallest absolute Gasteiger partial charge is 0.288 e. The van der Waals surface area contributed by atoms with Crippen molar-refractivity contribution in [2.75, 3.05) is 13.7 Å². The first-order valence-corrected chi connectivity index (χ1v) is 9.02. The Morgan fingerprint density at radius 1 is 1.27 bits per heavy atom. The van der Waals surface area contributed by atoms with Crippen molar-refractivity contribution in [3.05, 3.63) is 52.5 Å². The monoisotopic (exact) mass is 401 g/mol. The lowest BCUT2D eigenvalue weighted by Gasteiger charge is -2.13. The molecule has 0 bridgehead atoms. The van der Waals surface area contributed by atoms with Crippen LogP contribution < -0.4 is 14.8 Å². The zero-order valence-electron chi connectivity index (χ0n) is 14.2. The Hall–Kier alpha value is -1.99. The second kappa shape index (κ2) is 9.64. The van der Waals surface area contributed by atoms with Crippen molar-refractivity contribution < 1.29 is 23.0 Å². The maximum atomic E-state index is 12.3. The van der Waals surface area contributed by atoms with Crippen LogP contribution in [0.1, 0.15) is 22.8 Å². The van der Waals surface area contributed by atoms with Crippen LogP contribution in [0.5, 0.6) is 11.5 Å². The Morgan fingerprint density at radius 2 is 1.96 bits per heavy atom. The van der Waals surface area contributed by atoms with Gasteiger partial charge in [-0.2, -0.15) is 8.78 Å². The van der Waals surface area contributed by atoms with E-state index in [1.165, 1.54) is 31.4 Å². The quantitative estimate of drug-likeness (QED) is 0.633. The summed E-state index contributed by atoms with van der Waals surface area (Å²) >= 11 is 6.64. The van der Waals surface area contributed by atoms with Crippen LogP contribution in [-0.4, -0.2) is 25.4 Å². The Morgan fingerprint density at radius 3 is 2.54 bits per heavy atom. The number of hydrogen-bond acceptors (Lipinski definition) is 4. The number of nitrogens with one attached hydrogen (secondary N) is 1. The first-order valence-electron chi connectivity index (χ1n) is 7.76. The minimum atomic E-state index is -2.49. The molecule has 0 aliphatic rings. The number of carbonyl (C=O) groups is 1. The van der Waals surface area contributed by atoms with E-state index >= 15 is 0 Å². The number of alkyl halides is 2. The van der Waals surface area contributed by atoms with Crippen molar-refractivity contribution in [1.29, 1.82) is 0 Å². The summed E-state index contributed by atoms with van der Waals surface area (Å²) in [6, 6.07) is 9.42. The van der Waals surface area contributed by atoms with Gasteiger partial charge in [-0.1, -0.05) is 23.4 Å². The van der Waals surface area contributed by atoms with Gasteiger partial charge in [-0.15, -0.1) is 0 Å². The molecule has 0 spiro atoms. The van der Waals surface area contributed by atoms with Crippen LogP contribution in [-0.2, 0) is 6.54 Å². The van der Waals surface area contributed by atoms with E-state index in [4.69, 9.17) is 21.1 Å². The van der Waals surface area contributed by atoms with Crippen LogP contribution in [0.3, 0.4) is 0 Å². The Labute approximate surface area is 159 Å². The fourth-order valence-corrected chi connectivity index (χ4v) is 3.02. The molecule has 0 aromatic heterocycles. The Bertz CT molecular complexity index is 757. The fraction of sp³-hybridized carbons (Fsp3) is 0.278. The molecule has 2 rings (SSSR count). The predicted octanol–water partition coefficient (Wildman–Crippen LogP) is 4.99. The molecule has 140 valence electrons. The topological polar surface area (TPSA) is 47.6 Å². The summed E-state index contributed by atoms with van der Waals surface area (Å²) in [4.78, 5) is 12.6. The molecule has 0 saturated carbocycles. The predicted molar refractivity (Wildman–Crippen MR) is 98.6 cm³/mol. The summed E-state index contributed by atoms with van der Waals surface area (Å²) in [5.74, 6) is -1.87. The minimum absolute atomic E-state index is 0.231. The molecule has 26 heavy (non-hydrogen) atoms. The largest absolute Gasteiger partial charge is 0.493 e. The van der Waals surface area contributed by atoms with E-state index in [2.05, 4.69) is 5.32 Å². The summed E-state index contributed by atoms with van der Waals surface area (Å²) in [5, 5.41) is 3.15. The molecular weight excluding hydrogens is 384 g/mol. The fourth-order valence-electron chi connectivity index (χ4n) is 2.23. The average Bonchev–Trinajstić information content (AvgIpc) is 2.61. The standard InChI is InChI=1S/C18H18ClF2NO3S/c1-3-25-16-14(19)8-11(9-15(16)24-2)10-22-17(23)12-4-6-13(7-5-12)26-18(20)21/h4-9,18H,3,10H2,1-2H3,(H,22,23). The van der Waals surface area contributed by atoms with Gasteiger partial charge in [-0.25, -0.2) is 0 Å². The highest BCUT2D eigenvalue weighted by Gasteiger charge is 2.13. The summed E-state index contributed by atoms with van der Waals surface area (Å²) < 4.78 is 35.3. The van der Waals surface area contributed by atoms with Gasteiger partial charge in [-0.05, 0) is 48.9 Å². The number of rotatable bonds is 8. The number of hydrogen-bond donors (Lipinski definition) is 1. The summed E-state index contributed by atoms with van der Waals surface area (Å²) in [6.45, 7) is 2.52. The van der Waals surface area contributed by atoms with Gasteiger partial charge in [0.05, 0.1) is 18.7 Å². The minimum Gasteiger partial charge on any atom is -0.493 e. The molecule has 1 amide bonds. The van der Waals surface area contributed by atoms with Gasteiger partial charge in [0.25, 0.3) is 11.7 Å².